The smallest absolute Gasteiger partial charge is 0.304 e. The van der Waals surface area contributed by atoms with Crippen LogP contribution in [-0.2, 0) is 9.59 Å². The summed E-state index contributed by atoms with van der Waals surface area (Å²) in [5.41, 5.74) is 0. The van der Waals surface area contributed by atoms with Gasteiger partial charge in [-0.25, -0.2) is 0 Å². The van der Waals surface area contributed by atoms with Crippen LogP contribution >= 0.6 is 0 Å². The maximum absolute atomic E-state index is 11.5. The van der Waals surface area contributed by atoms with Crippen LogP contribution in [0.4, 0.5) is 0 Å². The zero-order valence-electron chi connectivity index (χ0n) is 9.19. The standard InChI is InChI=1S/C10H18N2O3/c1-3-7(2)12-6-8(4-10(14)15)11-5-9(12)13/h7-8,11H,3-6H2,1-2H3,(H,14,15). The third-order valence-corrected chi connectivity index (χ3v) is 2.82. The second kappa shape index (κ2) is 5.11. The fraction of sp³-hybridized carbons (Fsp3) is 0.800. The van der Waals surface area contributed by atoms with E-state index in [4.69, 9.17) is 5.11 Å². The molecule has 15 heavy (non-hydrogen) atoms. The monoisotopic (exact) mass is 214 g/mol. The van der Waals surface area contributed by atoms with Gasteiger partial charge in [0.05, 0.1) is 13.0 Å². The molecule has 2 unspecified atom stereocenters. The van der Waals surface area contributed by atoms with Gasteiger partial charge in [0.25, 0.3) is 0 Å². The molecule has 0 spiro atoms. The Hall–Kier alpha value is -1.10. The lowest BCUT2D eigenvalue weighted by molar-refractivity contribution is -0.141. The Morgan fingerprint density at radius 1 is 1.73 bits per heavy atom. The average Bonchev–Trinajstić information content (AvgIpc) is 2.19. The summed E-state index contributed by atoms with van der Waals surface area (Å²) in [6.07, 6.45) is 0.964. The van der Waals surface area contributed by atoms with Crippen LogP contribution in [0.5, 0.6) is 0 Å². The van der Waals surface area contributed by atoms with Gasteiger partial charge in [-0.15, -0.1) is 0 Å². The van der Waals surface area contributed by atoms with E-state index in [0.717, 1.165) is 6.42 Å². The summed E-state index contributed by atoms with van der Waals surface area (Å²) in [5, 5.41) is 11.6. The first-order valence-corrected chi connectivity index (χ1v) is 5.29. The van der Waals surface area contributed by atoms with Crippen molar-refractivity contribution in [2.24, 2.45) is 0 Å². The third-order valence-electron chi connectivity index (χ3n) is 2.82. The van der Waals surface area contributed by atoms with Crippen molar-refractivity contribution in [3.8, 4) is 0 Å². The Balaban J connectivity index is 2.55. The molecule has 0 aliphatic carbocycles. The summed E-state index contributed by atoms with van der Waals surface area (Å²) in [4.78, 5) is 23.9. The van der Waals surface area contributed by atoms with Gasteiger partial charge in [-0.05, 0) is 13.3 Å². The Labute approximate surface area is 89.4 Å². The average molecular weight is 214 g/mol. The lowest BCUT2D eigenvalue weighted by Crippen LogP contribution is -2.57. The Morgan fingerprint density at radius 2 is 2.40 bits per heavy atom. The van der Waals surface area contributed by atoms with Crippen molar-refractivity contribution in [1.82, 2.24) is 10.2 Å². The number of carboxylic acid groups (broad SMARTS) is 1. The van der Waals surface area contributed by atoms with E-state index in [9.17, 15) is 9.59 Å². The molecule has 1 aliphatic heterocycles. The predicted molar refractivity (Wildman–Crippen MR) is 55.5 cm³/mol. The zero-order chi connectivity index (χ0) is 11.4. The molecule has 1 rings (SSSR count). The topological polar surface area (TPSA) is 69.6 Å². The van der Waals surface area contributed by atoms with Crippen LogP contribution in [0, 0.1) is 0 Å². The van der Waals surface area contributed by atoms with Crippen molar-refractivity contribution >= 4 is 11.9 Å². The lowest BCUT2D eigenvalue weighted by Gasteiger charge is -2.36. The third kappa shape index (κ3) is 3.20. The molecule has 0 aromatic heterocycles. The highest BCUT2D eigenvalue weighted by Crippen LogP contribution is 2.10. The summed E-state index contributed by atoms with van der Waals surface area (Å²) in [5.74, 6) is -0.767. The van der Waals surface area contributed by atoms with E-state index in [-0.39, 0.29) is 31.0 Å². The normalized spacial score (nSPS) is 24.0. The fourth-order valence-corrected chi connectivity index (χ4v) is 1.73. The summed E-state index contributed by atoms with van der Waals surface area (Å²) >= 11 is 0. The summed E-state index contributed by atoms with van der Waals surface area (Å²) in [6.45, 7) is 4.76. The predicted octanol–water partition coefficient (Wildman–Crippen LogP) is 0.0600. The number of hydrogen-bond donors (Lipinski definition) is 2. The number of carbonyl (C=O) groups is 2. The van der Waals surface area contributed by atoms with E-state index in [1.54, 1.807) is 4.90 Å². The molecule has 0 aromatic carbocycles. The van der Waals surface area contributed by atoms with Gasteiger partial charge < -0.3 is 15.3 Å². The summed E-state index contributed by atoms with van der Waals surface area (Å²) < 4.78 is 0. The number of amides is 1. The molecule has 2 N–H and O–H groups in total. The highest BCUT2D eigenvalue weighted by atomic mass is 16.4. The number of rotatable bonds is 4. The lowest BCUT2D eigenvalue weighted by atomic mass is 10.1. The molecule has 1 heterocycles. The quantitative estimate of drug-likeness (QED) is 0.694. The van der Waals surface area contributed by atoms with Gasteiger partial charge in [-0.2, -0.15) is 0 Å². The SMILES string of the molecule is CCC(C)N1CC(CC(=O)O)NCC1=O. The number of carboxylic acids is 1. The van der Waals surface area contributed by atoms with E-state index in [1.165, 1.54) is 0 Å². The number of piperazine rings is 1. The van der Waals surface area contributed by atoms with Crippen LogP contribution in [0.25, 0.3) is 0 Å². The minimum Gasteiger partial charge on any atom is -0.481 e. The van der Waals surface area contributed by atoms with Gasteiger partial charge in [0.15, 0.2) is 0 Å². The number of carbonyl (C=O) groups excluding carboxylic acids is 1. The molecule has 0 bridgehead atoms. The Morgan fingerprint density at radius 3 is 2.93 bits per heavy atom. The molecule has 1 saturated heterocycles. The number of nitrogens with one attached hydrogen (secondary N) is 1. The van der Waals surface area contributed by atoms with Crippen molar-refractivity contribution in [3.05, 3.63) is 0 Å². The van der Waals surface area contributed by atoms with Gasteiger partial charge in [-0.3, -0.25) is 9.59 Å². The van der Waals surface area contributed by atoms with Crippen molar-refractivity contribution in [2.75, 3.05) is 13.1 Å². The molecule has 5 nitrogen and oxygen atoms in total. The fourth-order valence-electron chi connectivity index (χ4n) is 1.73. The van der Waals surface area contributed by atoms with E-state index in [1.807, 2.05) is 13.8 Å². The molecular formula is C10H18N2O3. The Bertz CT molecular complexity index is 255. The van der Waals surface area contributed by atoms with Crippen molar-refractivity contribution in [3.63, 3.8) is 0 Å². The molecule has 0 saturated carbocycles. The first-order valence-electron chi connectivity index (χ1n) is 5.29. The van der Waals surface area contributed by atoms with Crippen LogP contribution < -0.4 is 5.32 Å². The second-order valence-corrected chi connectivity index (χ2v) is 3.98. The van der Waals surface area contributed by atoms with Crippen LogP contribution in [0.1, 0.15) is 26.7 Å². The second-order valence-electron chi connectivity index (χ2n) is 3.98. The summed E-state index contributed by atoms with van der Waals surface area (Å²) in [7, 11) is 0. The Kier molecular flexibility index (Phi) is 4.08. The molecule has 0 radical (unpaired) electrons. The molecule has 2 atom stereocenters. The molecule has 1 fully saturated rings. The number of aliphatic carboxylic acids is 1. The first kappa shape index (κ1) is 12.0. The molecule has 1 amide bonds. The molecule has 86 valence electrons. The number of hydrogen-bond acceptors (Lipinski definition) is 3. The molecular weight excluding hydrogens is 196 g/mol. The van der Waals surface area contributed by atoms with Crippen molar-refractivity contribution in [2.45, 2.75) is 38.8 Å². The van der Waals surface area contributed by atoms with Crippen LogP contribution in [0.15, 0.2) is 0 Å². The van der Waals surface area contributed by atoms with Crippen LogP contribution in [0.3, 0.4) is 0 Å². The number of nitrogens with zero attached hydrogens (tertiary/aromatic N) is 1. The highest BCUT2D eigenvalue weighted by Gasteiger charge is 2.28. The minimum atomic E-state index is -0.828. The molecule has 0 aromatic rings. The highest BCUT2D eigenvalue weighted by molar-refractivity contribution is 5.80. The summed E-state index contributed by atoms with van der Waals surface area (Å²) in [6, 6.07) is 0.0742. The van der Waals surface area contributed by atoms with Crippen molar-refractivity contribution < 1.29 is 14.7 Å². The minimum absolute atomic E-state index is 0.0611. The largest absolute Gasteiger partial charge is 0.481 e. The van der Waals surface area contributed by atoms with Crippen LogP contribution in [0.2, 0.25) is 0 Å². The van der Waals surface area contributed by atoms with Crippen LogP contribution in [-0.4, -0.2) is 47.1 Å². The van der Waals surface area contributed by atoms with Gasteiger partial charge in [0.2, 0.25) is 5.91 Å². The van der Waals surface area contributed by atoms with Gasteiger partial charge >= 0.3 is 5.97 Å². The van der Waals surface area contributed by atoms with E-state index >= 15 is 0 Å². The maximum Gasteiger partial charge on any atom is 0.304 e. The van der Waals surface area contributed by atoms with Gasteiger partial charge in [0.1, 0.15) is 0 Å². The van der Waals surface area contributed by atoms with Crippen molar-refractivity contribution in [1.29, 1.82) is 0 Å². The van der Waals surface area contributed by atoms with Gasteiger partial charge in [0, 0.05) is 18.6 Å². The molecule has 5 heteroatoms. The maximum atomic E-state index is 11.5. The molecule has 1 aliphatic rings. The first-order chi connectivity index (χ1) is 7.04. The zero-order valence-corrected chi connectivity index (χ0v) is 9.19. The van der Waals surface area contributed by atoms with E-state index in [0.29, 0.717) is 6.54 Å². The van der Waals surface area contributed by atoms with Gasteiger partial charge in [-0.1, -0.05) is 6.92 Å². The van der Waals surface area contributed by atoms with E-state index in [2.05, 4.69) is 5.32 Å². The van der Waals surface area contributed by atoms with E-state index < -0.39 is 5.97 Å².